The van der Waals surface area contributed by atoms with Crippen molar-refractivity contribution in [1.82, 2.24) is 0 Å². The van der Waals surface area contributed by atoms with Crippen LogP contribution in [0.1, 0.15) is 18.6 Å². The van der Waals surface area contributed by atoms with E-state index >= 15 is 0 Å². The molecule has 1 N–H and O–H groups in total. The Kier molecular flexibility index (Phi) is 5.93. The molecule has 0 bridgehead atoms. The van der Waals surface area contributed by atoms with Crippen LogP contribution in [0.5, 0.6) is 0 Å². The van der Waals surface area contributed by atoms with Gasteiger partial charge in [0, 0.05) is 7.11 Å². The molecule has 0 heterocycles. The van der Waals surface area contributed by atoms with Crippen molar-refractivity contribution in [2.75, 3.05) is 20.3 Å². The van der Waals surface area contributed by atoms with Gasteiger partial charge in [0.2, 0.25) is 0 Å². The number of benzene rings is 2. The summed E-state index contributed by atoms with van der Waals surface area (Å²) in [5, 5.41) is 10.1. The lowest BCUT2D eigenvalue weighted by Crippen LogP contribution is -2.18. The van der Waals surface area contributed by atoms with Gasteiger partial charge in [-0.15, -0.1) is 0 Å². The number of hydrogen-bond donors (Lipinski definition) is 1. The maximum atomic E-state index is 10.1. The number of aliphatic hydroxyl groups excluding tert-OH is 1. The van der Waals surface area contributed by atoms with Crippen molar-refractivity contribution in [1.29, 1.82) is 0 Å². The lowest BCUT2D eigenvalue weighted by molar-refractivity contribution is -0.0325. The van der Waals surface area contributed by atoms with Gasteiger partial charge in [0.25, 0.3) is 0 Å². The second-order valence-corrected chi connectivity index (χ2v) is 5.10. The van der Waals surface area contributed by atoms with Crippen LogP contribution < -0.4 is 0 Å². The summed E-state index contributed by atoms with van der Waals surface area (Å²) in [5.41, 5.74) is 3.17. The van der Waals surface area contributed by atoms with Crippen molar-refractivity contribution in [2.45, 2.75) is 19.1 Å². The van der Waals surface area contributed by atoms with Crippen LogP contribution in [-0.2, 0) is 9.47 Å². The standard InChI is InChI=1S/C18H22O3/c1-14(12-20-2)21-13-18(19)17-10-8-16(9-11-17)15-6-4-3-5-7-15/h3-11,14,18-19H,12-13H2,1-2H3. The van der Waals surface area contributed by atoms with Crippen LogP contribution >= 0.6 is 0 Å². The average molecular weight is 286 g/mol. The van der Waals surface area contributed by atoms with Crippen molar-refractivity contribution in [3.63, 3.8) is 0 Å². The lowest BCUT2D eigenvalue weighted by atomic mass is 10.0. The topological polar surface area (TPSA) is 38.7 Å². The molecule has 21 heavy (non-hydrogen) atoms. The molecule has 0 aliphatic carbocycles. The predicted molar refractivity (Wildman–Crippen MR) is 84.1 cm³/mol. The smallest absolute Gasteiger partial charge is 0.102 e. The number of rotatable bonds is 7. The fraction of sp³-hybridized carbons (Fsp3) is 0.333. The summed E-state index contributed by atoms with van der Waals surface area (Å²) in [5.74, 6) is 0. The minimum absolute atomic E-state index is 0.0201. The zero-order valence-electron chi connectivity index (χ0n) is 12.5. The van der Waals surface area contributed by atoms with E-state index in [1.807, 2.05) is 49.4 Å². The normalized spacial score (nSPS) is 13.9. The fourth-order valence-electron chi connectivity index (χ4n) is 2.16. The van der Waals surface area contributed by atoms with E-state index < -0.39 is 6.10 Å². The number of methoxy groups -OCH3 is 1. The van der Waals surface area contributed by atoms with Crippen LogP contribution in [0.4, 0.5) is 0 Å². The molecule has 2 rings (SSSR count). The second-order valence-electron chi connectivity index (χ2n) is 5.10. The summed E-state index contributed by atoms with van der Waals surface area (Å²) in [7, 11) is 1.64. The molecule has 2 unspecified atom stereocenters. The first-order valence-corrected chi connectivity index (χ1v) is 7.14. The van der Waals surface area contributed by atoms with E-state index in [2.05, 4.69) is 12.1 Å². The van der Waals surface area contributed by atoms with Crippen molar-refractivity contribution in [3.8, 4) is 11.1 Å². The van der Waals surface area contributed by atoms with E-state index in [-0.39, 0.29) is 12.7 Å². The molecule has 2 aromatic rings. The summed E-state index contributed by atoms with van der Waals surface area (Å²) in [6.45, 7) is 2.73. The Morgan fingerprint density at radius 2 is 1.52 bits per heavy atom. The molecule has 0 aromatic heterocycles. The Labute approximate surface area is 126 Å². The maximum Gasteiger partial charge on any atom is 0.102 e. The van der Waals surface area contributed by atoms with Crippen molar-refractivity contribution in [2.24, 2.45) is 0 Å². The molecule has 112 valence electrons. The van der Waals surface area contributed by atoms with E-state index in [4.69, 9.17) is 9.47 Å². The third kappa shape index (κ3) is 4.67. The van der Waals surface area contributed by atoms with Gasteiger partial charge in [0.15, 0.2) is 0 Å². The van der Waals surface area contributed by atoms with Gasteiger partial charge in [0.05, 0.1) is 19.3 Å². The molecule has 0 spiro atoms. The van der Waals surface area contributed by atoms with Gasteiger partial charge in [-0.3, -0.25) is 0 Å². The summed E-state index contributed by atoms with van der Waals surface area (Å²) >= 11 is 0. The molecule has 2 aromatic carbocycles. The van der Waals surface area contributed by atoms with E-state index in [1.54, 1.807) is 7.11 Å². The monoisotopic (exact) mass is 286 g/mol. The Balaban J connectivity index is 1.95. The zero-order chi connectivity index (χ0) is 15.1. The fourth-order valence-corrected chi connectivity index (χ4v) is 2.16. The molecule has 0 fully saturated rings. The zero-order valence-corrected chi connectivity index (χ0v) is 12.5. The minimum atomic E-state index is -0.617. The highest BCUT2D eigenvalue weighted by molar-refractivity contribution is 5.63. The predicted octanol–water partition coefficient (Wildman–Crippen LogP) is 3.44. The molecule has 3 nitrogen and oxygen atoms in total. The molecule has 0 radical (unpaired) electrons. The molecule has 0 saturated carbocycles. The molecule has 0 aliphatic rings. The molecule has 0 aliphatic heterocycles. The largest absolute Gasteiger partial charge is 0.386 e. The van der Waals surface area contributed by atoms with Crippen molar-refractivity contribution < 1.29 is 14.6 Å². The summed E-state index contributed by atoms with van der Waals surface area (Å²) in [6.07, 6.45) is -0.637. The van der Waals surface area contributed by atoms with Gasteiger partial charge < -0.3 is 14.6 Å². The third-order valence-corrected chi connectivity index (χ3v) is 3.34. The van der Waals surface area contributed by atoms with Gasteiger partial charge in [-0.2, -0.15) is 0 Å². The Morgan fingerprint density at radius 3 is 2.14 bits per heavy atom. The van der Waals surface area contributed by atoms with E-state index in [0.29, 0.717) is 6.61 Å². The van der Waals surface area contributed by atoms with E-state index in [0.717, 1.165) is 11.1 Å². The van der Waals surface area contributed by atoms with Crippen LogP contribution in [0.15, 0.2) is 54.6 Å². The Hall–Kier alpha value is -1.68. The average Bonchev–Trinajstić information content (AvgIpc) is 2.54. The highest BCUT2D eigenvalue weighted by Gasteiger charge is 2.10. The first-order valence-electron chi connectivity index (χ1n) is 7.14. The van der Waals surface area contributed by atoms with Crippen LogP contribution in [0, 0.1) is 0 Å². The van der Waals surface area contributed by atoms with Gasteiger partial charge in [-0.25, -0.2) is 0 Å². The summed E-state index contributed by atoms with van der Waals surface area (Å²) in [4.78, 5) is 0. The van der Waals surface area contributed by atoms with E-state index in [9.17, 15) is 5.11 Å². The van der Waals surface area contributed by atoms with Crippen LogP contribution in [0.3, 0.4) is 0 Å². The van der Waals surface area contributed by atoms with Crippen LogP contribution in [0.2, 0.25) is 0 Å². The van der Waals surface area contributed by atoms with E-state index in [1.165, 1.54) is 5.56 Å². The van der Waals surface area contributed by atoms with Crippen molar-refractivity contribution in [3.05, 3.63) is 60.2 Å². The maximum absolute atomic E-state index is 10.1. The van der Waals surface area contributed by atoms with Gasteiger partial charge in [-0.1, -0.05) is 54.6 Å². The molecule has 3 heteroatoms. The number of ether oxygens (including phenoxy) is 2. The Bertz CT molecular complexity index is 522. The van der Waals surface area contributed by atoms with Gasteiger partial charge in [-0.05, 0) is 23.6 Å². The summed E-state index contributed by atoms with van der Waals surface area (Å²) in [6, 6.07) is 18.1. The quantitative estimate of drug-likeness (QED) is 0.847. The van der Waals surface area contributed by atoms with Crippen LogP contribution in [0.25, 0.3) is 11.1 Å². The first-order chi connectivity index (χ1) is 10.2. The number of hydrogen-bond acceptors (Lipinski definition) is 3. The van der Waals surface area contributed by atoms with Crippen molar-refractivity contribution >= 4 is 0 Å². The lowest BCUT2D eigenvalue weighted by Gasteiger charge is -2.16. The highest BCUT2D eigenvalue weighted by Crippen LogP contribution is 2.22. The number of aliphatic hydroxyl groups is 1. The molecule has 0 saturated heterocycles. The second kappa shape index (κ2) is 7.93. The Morgan fingerprint density at radius 1 is 0.905 bits per heavy atom. The summed E-state index contributed by atoms with van der Waals surface area (Å²) < 4.78 is 10.5. The molecular weight excluding hydrogens is 264 g/mol. The van der Waals surface area contributed by atoms with Crippen LogP contribution in [-0.4, -0.2) is 31.5 Å². The highest BCUT2D eigenvalue weighted by atomic mass is 16.5. The minimum Gasteiger partial charge on any atom is -0.386 e. The van der Waals surface area contributed by atoms with Gasteiger partial charge in [0.1, 0.15) is 6.10 Å². The third-order valence-electron chi connectivity index (χ3n) is 3.34. The molecule has 2 atom stereocenters. The SMILES string of the molecule is COCC(C)OCC(O)c1ccc(-c2ccccc2)cc1. The first kappa shape index (κ1) is 15.7. The molecule has 0 amide bonds. The van der Waals surface area contributed by atoms with Gasteiger partial charge >= 0.3 is 0 Å². The molecular formula is C18H22O3.